The minimum absolute atomic E-state index is 0.214. The van der Waals surface area contributed by atoms with Gasteiger partial charge in [-0.05, 0) is 187 Å². The minimum atomic E-state index is -3.75. The molecule has 0 aliphatic carbocycles. The SMILES string of the molecule is O=C1OC2(c3ccccc31)c1ccc3c(Br)c1Oc1c2ccc(c1Br)[O][Al]1[O]c2ccc4c(c2Br)Oc2c(ccc(c2Br)[O][Al]([O]3)[O]c2ccc3c(c2Br)Oc2c(ccc(c2Br)[O]1)C31OC(=O)c2ccccc21)C41OC(=O)c2ccccc21. The van der Waals surface area contributed by atoms with Crippen LogP contribution in [0.4, 0.5) is 0 Å². The Morgan fingerprint density at radius 2 is 0.470 bits per heavy atom. The number of ether oxygens (including phenoxy) is 6. The Balaban J connectivity index is 0.952. The average Bonchev–Trinajstić information content (AvgIpc) is 2.49. The normalized spacial score (nSPS) is 17.1. The first-order valence-corrected chi connectivity index (χ1v) is 32.9. The summed E-state index contributed by atoms with van der Waals surface area (Å²) in [4.78, 5) is 42.2. The van der Waals surface area contributed by atoms with Crippen LogP contribution in [0.25, 0.3) is 0 Å². The zero-order valence-corrected chi connectivity index (χ0v) is 53.2. The first-order valence-electron chi connectivity index (χ1n) is 25.3. The smallest absolute Gasteiger partial charge is 0.576 e. The molecule has 83 heavy (non-hydrogen) atoms. The van der Waals surface area contributed by atoms with E-state index in [-0.39, 0.29) is 69.0 Å². The maximum Gasteiger partial charge on any atom is 1.20 e. The summed E-state index contributed by atoms with van der Waals surface area (Å²) < 4.78 is 84.9. The third kappa shape index (κ3) is 6.77. The van der Waals surface area contributed by atoms with Gasteiger partial charge in [0.05, 0.1) is 43.5 Å². The number of carbonyl (C=O) groups excluding carboxylic acids is 3. The topological polar surface area (TPSA) is 162 Å². The molecular weight excluding hydrogens is 1490 g/mol. The van der Waals surface area contributed by atoms with Crippen molar-refractivity contribution in [2.75, 3.05) is 0 Å². The van der Waals surface area contributed by atoms with Gasteiger partial charge in [0.1, 0.15) is 34.5 Å². The molecule has 0 aromatic heterocycles. The predicted octanol–water partition coefficient (Wildman–Crippen LogP) is 15.6. The summed E-state index contributed by atoms with van der Waals surface area (Å²) in [5.41, 5.74) is 1.18. The number of esters is 3. The van der Waals surface area contributed by atoms with Gasteiger partial charge in [-0.15, -0.1) is 0 Å². The second kappa shape index (κ2) is 18.0. The van der Waals surface area contributed by atoms with Crippen LogP contribution in [0.2, 0.25) is 0 Å². The fourth-order valence-electron chi connectivity index (χ4n) is 12.4. The lowest BCUT2D eigenvalue weighted by molar-refractivity contribution is 0.0213. The lowest BCUT2D eigenvalue weighted by atomic mass is 9.77. The molecule has 0 saturated heterocycles. The predicted molar refractivity (Wildman–Crippen MR) is 316 cm³/mol. The quantitative estimate of drug-likeness (QED) is 0.0800. The van der Waals surface area contributed by atoms with Gasteiger partial charge in [-0.2, -0.15) is 0 Å². The molecule has 0 saturated carbocycles. The Morgan fingerprint density at radius 1 is 0.265 bits per heavy atom. The number of carbonyl (C=O) groups is 3. The largest absolute Gasteiger partial charge is 1.20 e. The first kappa shape index (κ1) is 51.0. The summed E-state index contributed by atoms with van der Waals surface area (Å²) >= 11 is 15.7. The van der Waals surface area contributed by atoms with Crippen LogP contribution in [0.3, 0.4) is 0 Å². The Kier molecular flexibility index (Phi) is 11.1. The monoisotopic (exact) mass is 1510 g/mol. The number of hydrogen-bond acceptors (Lipinski definition) is 15. The van der Waals surface area contributed by atoms with E-state index in [2.05, 4.69) is 95.6 Å². The van der Waals surface area contributed by atoms with Gasteiger partial charge in [0.15, 0.2) is 51.3 Å². The number of benzene rings is 9. The molecule has 9 heterocycles. The second-order valence-corrected chi connectivity index (χ2v) is 27.3. The second-order valence-electron chi connectivity index (χ2n) is 20.0. The number of hydrogen-bond donors (Lipinski definition) is 0. The molecule has 0 fully saturated rings. The standard InChI is InChI=1S/3C20H10Br2O5.2Al/c3*21-15-13(23)7-5-11-17(15)26-18-12(6-8-14(24)16(18)22)20(11)10-4-2-1-3-9(10)19(25)27-20;;/h3*1-8,23-24H;;/q;;;2*+3/p-6. The van der Waals surface area contributed by atoms with Gasteiger partial charge in [0.25, 0.3) is 0 Å². The van der Waals surface area contributed by atoms with Crippen molar-refractivity contribution in [2.45, 2.75) is 16.8 Å². The molecule has 0 N–H and O–H groups in total. The highest BCUT2D eigenvalue weighted by Gasteiger charge is 2.60. The molecule has 0 amide bonds. The van der Waals surface area contributed by atoms with Crippen LogP contribution >= 0.6 is 95.6 Å². The van der Waals surface area contributed by atoms with Crippen LogP contribution in [0.5, 0.6) is 69.0 Å². The molecule has 3 spiro atoms. The maximum atomic E-state index is 14.1. The Labute approximate surface area is 529 Å². The van der Waals surface area contributed by atoms with E-state index < -0.39 is 65.0 Å². The van der Waals surface area contributed by atoms with Gasteiger partial charge in [-0.25, -0.2) is 14.4 Å². The lowest BCUT2D eigenvalue weighted by Crippen LogP contribution is -2.39. The molecule has 14 bridgehead atoms. The molecule has 0 radical (unpaired) electrons. The van der Waals surface area contributed by atoms with Gasteiger partial charge in [0, 0.05) is 50.1 Å². The minimum Gasteiger partial charge on any atom is -0.576 e. The summed E-state index contributed by atoms with van der Waals surface area (Å²) in [7, 11) is 0. The van der Waals surface area contributed by atoms with Crippen molar-refractivity contribution in [3.8, 4) is 69.0 Å². The van der Waals surface area contributed by atoms with Gasteiger partial charge in [0.2, 0.25) is 0 Å². The van der Waals surface area contributed by atoms with Gasteiger partial charge in [-0.3, -0.25) is 0 Å². The Morgan fingerprint density at radius 3 is 0.687 bits per heavy atom. The molecule has 23 heteroatoms. The van der Waals surface area contributed by atoms with Gasteiger partial charge in [-0.1, -0.05) is 54.6 Å². The molecule has 402 valence electrons. The highest BCUT2D eigenvalue weighted by atomic mass is 79.9. The van der Waals surface area contributed by atoms with Crippen molar-refractivity contribution in [3.63, 3.8) is 0 Å². The molecule has 9 aliphatic heterocycles. The fraction of sp³-hybridized carbons (Fsp3) is 0.0500. The van der Waals surface area contributed by atoms with Crippen molar-refractivity contribution in [3.05, 3.63) is 239 Å². The van der Waals surface area contributed by atoms with E-state index >= 15 is 0 Å². The van der Waals surface area contributed by atoms with Gasteiger partial charge >= 0.3 is 48.2 Å². The third-order valence-electron chi connectivity index (χ3n) is 15.9. The molecule has 9 aromatic rings. The molecule has 9 aliphatic rings. The summed E-state index contributed by atoms with van der Waals surface area (Å²) in [5.74, 6) is 1.12. The van der Waals surface area contributed by atoms with E-state index in [4.69, 9.17) is 51.2 Å². The molecule has 0 unspecified atom stereocenters. The fourth-order valence-corrected chi connectivity index (χ4v) is 19.3. The van der Waals surface area contributed by atoms with E-state index in [1.54, 1.807) is 109 Å². The molecule has 15 nitrogen and oxygen atoms in total. The van der Waals surface area contributed by atoms with Crippen LogP contribution in [0, 0.1) is 0 Å². The van der Waals surface area contributed by atoms with Crippen LogP contribution in [0.15, 0.2) is 172 Å². The summed E-state index contributed by atoms with van der Waals surface area (Å²) in [5, 5.41) is 0. The van der Waals surface area contributed by atoms with E-state index in [0.29, 0.717) is 93.6 Å². The van der Waals surface area contributed by atoms with Gasteiger partial charge < -0.3 is 51.2 Å². The molecule has 0 atom stereocenters. The lowest BCUT2D eigenvalue weighted by Gasteiger charge is -2.38. The first-order chi connectivity index (χ1) is 40.3. The highest BCUT2D eigenvalue weighted by Crippen LogP contribution is 2.65. The molecule has 18 rings (SSSR count). The van der Waals surface area contributed by atoms with E-state index in [1.165, 1.54) is 0 Å². The summed E-state index contributed by atoms with van der Waals surface area (Å²) in [6, 6.07) is 42.6. The number of fused-ring (bicyclic) bond motifs is 12. The number of halogens is 6. The van der Waals surface area contributed by atoms with E-state index in [0.717, 1.165) is 0 Å². The van der Waals surface area contributed by atoms with Crippen molar-refractivity contribution in [2.24, 2.45) is 0 Å². The molecular formula is C60H24Al2Br6O15. The van der Waals surface area contributed by atoms with E-state index in [1.807, 2.05) is 36.4 Å². The zero-order valence-electron chi connectivity index (χ0n) is 41.4. The van der Waals surface area contributed by atoms with Crippen molar-refractivity contribution < 1.29 is 65.5 Å². The number of rotatable bonds is 0. The summed E-state index contributed by atoms with van der Waals surface area (Å²) in [6.07, 6.45) is 0. The van der Waals surface area contributed by atoms with Crippen molar-refractivity contribution in [1.29, 1.82) is 0 Å². The maximum absolute atomic E-state index is 14.1. The van der Waals surface area contributed by atoms with Crippen LogP contribution < -0.4 is 36.9 Å². The van der Waals surface area contributed by atoms with Crippen LogP contribution in [-0.4, -0.2) is 48.2 Å². The van der Waals surface area contributed by atoms with Crippen LogP contribution in [0.1, 0.15) is 81.1 Å². The van der Waals surface area contributed by atoms with E-state index in [9.17, 15) is 14.4 Å². The average molecular weight is 1520 g/mol. The van der Waals surface area contributed by atoms with Crippen molar-refractivity contribution >= 4 is 144 Å². The third-order valence-corrected chi connectivity index (χ3v) is 23.1. The zero-order chi connectivity index (χ0) is 56.2. The molecule has 9 aromatic carbocycles. The van der Waals surface area contributed by atoms with Crippen molar-refractivity contribution in [1.82, 2.24) is 0 Å². The van der Waals surface area contributed by atoms with Crippen LogP contribution in [-0.2, 0) is 31.0 Å². The highest BCUT2D eigenvalue weighted by molar-refractivity contribution is 9.11. The Hall–Kier alpha value is -6.47. The Bertz CT molecular complexity index is 3940. The summed E-state index contributed by atoms with van der Waals surface area (Å²) in [6.45, 7) is 0.